The van der Waals surface area contributed by atoms with E-state index in [4.69, 9.17) is 0 Å². The second-order valence-electron chi connectivity index (χ2n) is 3.01. The van der Waals surface area contributed by atoms with Crippen molar-refractivity contribution >= 4 is 24.3 Å². The molecular weight excluding hydrogens is 151 g/mol. The predicted octanol–water partition coefficient (Wildman–Crippen LogP) is -0.875. The summed E-state index contributed by atoms with van der Waals surface area (Å²) in [5.74, 6) is 0. The molecule has 0 unspecified atom stereocenters. The van der Waals surface area contributed by atoms with Gasteiger partial charge in [-0.25, -0.2) is 4.79 Å². The van der Waals surface area contributed by atoms with Crippen molar-refractivity contribution in [3.63, 3.8) is 0 Å². The van der Waals surface area contributed by atoms with Crippen LogP contribution in [0.1, 0.15) is 0 Å². The molecular formula is C8H9BN2O. The maximum Gasteiger partial charge on any atom is 0.326 e. The molecule has 0 aliphatic rings. The lowest BCUT2D eigenvalue weighted by molar-refractivity contribution is 0.892. The van der Waals surface area contributed by atoms with Gasteiger partial charge in [0.25, 0.3) is 0 Å². The van der Waals surface area contributed by atoms with Crippen LogP contribution in [-0.4, -0.2) is 17.4 Å². The molecule has 3 nitrogen and oxygen atoms in total. The number of benzene rings is 1. The number of hydrogen-bond donors (Lipinski definition) is 1. The van der Waals surface area contributed by atoms with Crippen LogP contribution in [0, 0.1) is 0 Å². The number of fused-ring (bicyclic) bond motifs is 1. The Hall–Kier alpha value is -1.45. The number of nitrogens with one attached hydrogen (secondary N) is 1. The molecule has 1 N–H and O–H groups in total. The summed E-state index contributed by atoms with van der Waals surface area (Å²) in [6.07, 6.45) is 0. The molecule has 0 atom stereocenters. The van der Waals surface area contributed by atoms with Gasteiger partial charge in [0, 0.05) is 7.05 Å². The smallest absolute Gasteiger partial charge is 0.306 e. The van der Waals surface area contributed by atoms with E-state index in [0.717, 1.165) is 16.5 Å². The largest absolute Gasteiger partial charge is 0.326 e. The number of aryl methyl sites for hydroxylation is 1. The predicted molar refractivity (Wildman–Crippen MR) is 51.7 cm³/mol. The molecule has 2 aromatic rings. The van der Waals surface area contributed by atoms with Gasteiger partial charge in [-0.2, -0.15) is 0 Å². The molecule has 0 aliphatic heterocycles. The number of H-pyrrole nitrogens is 1. The SMILES string of the molecule is Bc1ccc2[nH]c(=O)n(C)c2c1. The third-order valence-electron chi connectivity index (χ3n) is 2.06. The molecule has 2 rings (SSSR count). The fourth-order valence-electron chi connectivity index (χ4n) is 1.33. The first kappa shape index (κ1) is 7.22. The van der Waals surface area contributed by atoms with Gasteiger partial charge >= 0.3 is 5.69 Å². The van der Waals surface area contributed by atoms with Gasteiger partial charge in [0.2, 0.25) is 0 Å². The van der Waals surface area contributed by atoms with Gasteiger partial charge in [-0.1, -0.05) is 11.5 Å². The van der Waals surface area contributed by atoms with Crippen LogP contribution in [0.2, 0.25) is 0 Å². The van der Waals surface area contributed by atoms with Crippen molar-refractivity contribution in [2.45, 2.75) is 0 Å². The monoisotopic (exact) mass is 160 g/mol. The van der Waals surface area contributed by atoms with E-state index in [-0.39, 0.29) is 5.69 Å². The Kier molecular flexibility index (Phi) is 1.36. The number of aromatic nitrogens is 2. The lowest BCUT2D eigenvalue weighted by atomic mass is 9.96. The van der Waals surface area contributed by atoms with Crippen LogP contribution in [0.3, 0.4) is 0 Å². The van der Waals surface area contributed by atoms with Crippen molar-refractivity contribution in [3.8, 4) is 0 Å². The van der Waals surface area contributed by atoms with Gasteiger partial charge in [-0.15, -0.1) is 0 Å². The van der Waals surface area contributed by atoms with Gasteiger partial charge in [-0.05, 0) is 12.1 Å². The van der Waals surface area contributed by atoms with Gasteiger partial charge < -0.3 is 4.98 Å². The van der Waals surface area contributed by atoms with Crippen LogP contribution in [0.25, 0.3) is 11.0 Å². The van der Waals surface area contributed by atoms with E-state index in [1.54, 1.807) is 11.6 Å². The zero-order chi connectivity index (χ0) is 8.72. The lowest BCUT2D eigenvalue weighted by Gasteiger charge is -1.94. The summed E-state index contributed by atoms with van der Waals surface area (Å²) in [6.45, 7) is 0. The minimum Gasteiger partial charge on any atom is -0.306 e. The standard InChI is InChI=1S/C8H9BN2O/c1-11-7-4-5(9)2-3-6(7)10-8(11)12/h2-4H,9H2,1H3,(H,10,12). The molecule has 12 heavy (non-hydrogen) atoms. The molecule has 1 aromatic carbocycles. The van der Waals surface area contributed by atoms with Crippen molar-refractivity contribution in [2.75, 3.05) is 0 Å². The summed E-state index contributed by atoms with van der Waals surface area (Å²) in [5.41, 5.74) is 2.96. The Balaban J connectivity index is 2.98. The zero-order valence-electron chi connectivity index (χ0n) is 7.09. The van der Waals surface area contributed by atoms with Gasteiger partial charge in [0.05, 0.1) is 11.0 Å². The number of hydrogen-bond acceptors (Lipinski definition) is 1. The van der Waals surface area contributed by atoms with Crippen LogP contribution in [0.15, 0.2) is 23.0 Å². The molecule has 0 saturated carbocycles. The van der Waals surface area contributed by atoms with E-state index in [0.29, 0.717) is 0 Å². The number of aromatic amines is 1. The van der Waals surface area contributed by atoms with E-state index in [1.165, 1.54) is 0 Å². The van der Waals surface area contributed by atoms with E-state index < -0.39 is 0 Å². The van der Waals surface area contributed by atoms with E-state index in [2.05, 4.69) is 4.98 Å². The third kappa shape index (κ3) is 0.880. The van der Waals surface area contributed by atoms with E-state index in [9.17, 15) is 4.79 Å². The van der Waals surface area contributed by atoms with Crippen molar-refractivity contribution in [1.82, 2.24) is 9.55 Å². The topological polar surface area (TPSA) is 37.8 Å². The Morgan fingerprint density at radius 3 is 3.00 bits per heavy atom. The van der Waals surface area contributed by atoms with Gasteiger partial charge in [0.15, 0.2) is 0 Å². The highest BCUT2D eigenvalue weighted by atomic mass is 16.1. The highest BCUT2D eigenvalue weighted by Crippen LogP contribution is 2.04. The second kappa shape index (κ2) is 2.27. The summed E-state index contributed by atoms with van der Waals surface area (Å²) in [7, 11) is 3.78. The normalized spacial score (nSPS) is 10.8. The fourth-order valence-corrected chi connectivity index (χ4v) is 1.33. The summed E-state index contributed by atoms with van der Waals surface area (Å²) in [6, 6.07) is 5.90. The van der Waals surface area contributed by atoms with Crippen LogP contribution >= 0.6 is 0 Å². The molecule has 0 aliphatic carbocycles. The molecule has 4 heteroatoms. The number of rotatable bonds is 0. The van der Waals surface area contributed by atoms with Crippen LogP contribution in [0.5, 0.6) is 0 Å². The molecule has 0 radical (unpaired) electrons. The van der Waals surface area contributed by atoms with Crippen LogP contribution in [0.4, 0.5) is 0 Å². The number of nitrogens with zero attached hydrogens (tertiary/aromatic N) is 1. The summed E-state index contributed by atoms with van der Waals surface area (Å²) >= 11 is 0. The van der Waals surface area contributed by atoms with E-state index >= 15 is 0 Å². The zero-order valence-corrected chi connectivity index (χ0v) is 7.09. The maximum atomic E-state index is 11.2. The fraction of sp³-hybridized carbons (Fsp3) is 0.125. The first-order valence-electron chi connectivity index (χ1n) is 3.84. The molecule has 1 aromatic heterocycles. The van der Waals surface area contributed by atoms with E-state index in [1.807, 2.05) is 26.0 Å². The molecule has 0 fully saturated rings. The number of imidazole rings is 1. The van der Waals surface area contributed by atoms with Crippen LogP contribution in [-0.2, 0) is 7.05 Å². The Morgan fingerprint density at radius 1 is 1.50 bits per heavy atom. The Bertz CT molecular complexity index is 483. The highest BCUT2D eigenvalue weighted by molar-refractivity contribution is 6.33. The van der Waals surface area contributed by atoms with Crippen LogP contribution < -0.4 is 11.2 Å². The van der Waals surface area contributed by atoms with Gasteiger partial charge in [0.1, 0.15) is 7.85 Å². The minimum absolute atomic E-state index is 0.0596. The summed E-state index contributed by atoms with van der Waals surface area (Å²) in [4.78, 5) is 13.9. The minimum atomic E-state index is -0.0596. The average Bonchev–Trinajstić information content (AvgIpc) is 2.31. The van der Waals surface area contributed by atoms with Crippen molar-refractivity contribution < 1.29 is 0 Å². The molecule has 1 heterocycles. The lowest BCUT2D eigenvalue weighted by Crippen LogP contribution is -2.12. The first-order chi connectivity index (χ1) is 5.68. The molecule has 0 spiro atoms. The van der Waals surface area contributed by atoms with Crippen molar-refractivity contribution in [3.05, 3.63) is 28.7 Å². The first-order valence-corrected chi connectivity index (χ1v) is 3.84. The Morgan fingerprint density at radius 2 is 2.25 bits per heavy atom. The second-order valence-corrected chi connectivity index (χ2v) is 3.01. The Labute approximate surface area is 70.4 Å². The molecule has 60 valence electrons. The molecule has 0 saturated heterocycles. The van der Waals surface area contributed by atoms with Crippen molar-refractivity contribution in [1.29, 1.82) is 0 Å². The quantitative estimate of drug-likeness (QED) is 0.499. The molecule has 0 bridgehead atoms. The average molecular weight is 160 g/mol. The summed E-state index contributed by atoms with van der Waals surface area (Å²) < 4.78 is 1.61. The maximum absolute atomic E-state index is 11.2. The third-order valence-corrected chi connectivity index (χ3v) is 2.06. The summed E-state index contributed by atoms with van der Waals surface area (Å²) in [5, 5.41) is 0. The highest BCUT2D eigenvalue weighted by Gasteiger charge is 2.00. The molecule has 0 amide bonds. The van der Waals surface area contributed by atoms with Crippen molar-refractivity contribution in [2.24, 2.45) is 7.05 Å². The van der Waals surface area contributed by atoms with Gasteiger partial charge in [-0.3, -0.25) is 4.57 Å².